The second-order valence-corrected chi connectivity index (χ2v) is 7.75. The summed E-state index contributed by atoms with van der Waals surface area (Å²) < 4.78 is 0. The molecule has 0 aliphatic carbocycles. The largest absolute Gasteiger partial charge is 0.341 e. The summed E-state index contributed by atoms with van der Waals surface area (Å²) in [4.78, 5) is 26.7. The van der Waals surface area contributed by atoms with E-state index in [2.05, 4.69) is 11.4 Å². The Hall–Kier alpha value is -1.87. The molecule has 1 fully saturated rings. The molecule has 0 radical (unpaired) electrons. The third-order valence-electron chi connectivity index (χ3n) is 4.01. The monoisotopic (exact) mass is 333 g/mol. The molecule has 5 nitrogen and oxygen atoms in total. The topological polar surface area (TPSA) is 73.2 Å². The molecule has 6 heteroatoms. The van der Waals surface area contributed by atoms with Crippen molar-refractivity contribution in [1.29, 1.82) is 5.26 Å². The maximum atomic E-state index is 12.5. The molecule has 1 aromatic heterocycles. The Balaban J connectivity index is 1.99. The highest BCUT2D eigenvalue weighted by Crippen LogP contribution is 2.24. The summed E-state index contributed by atoms with van der Waals surface area (Å²) in [5, 5.41) is 15.8. The van der Waals surface area contributed by atoms with Gasteiger partial charge in [-0.05, 0) is 35.2 Å². The van der Waals surface area contributed by atoms with Gasteiger partial charge in [-0.15, -0.1) is 0 Å². The van der Waals surface area contributed by atoms with Gasteiger partial charge in [-0.1, -0.05) is 20.8 Å². The maximum Gasteiger partial charge on any atom is 0.227 e. The number of nitrogens with one attached hydrogen (secondary N) is 1. The minimum atomic E-state index is -0.623. The van der Waals surface area contributed by atoms with Gasteiger partial charge in [0.25, 0.3) is 0 Å². The quantitative estimate of drug-likeness (QED) is 0.924. The number of nitrogens with zero attached hydrogens (tertiary/aromatic N) is 2. The van der Waals surface area contributed by atoms with E-state index in [-0.39, 0.29) is 17.7 Å². The van der Waals surface area contributed by atoms with Crippen LogP contribution in [-0.4, -0.2) is 29.8 Å². The number of rotatable bonds is 3. The summed E-state index contributed by atoms with van der Waals surface area (Å²) in [6.45, 7) is 6.81. The number of piperidine rings is 1. The fourth-order valence-corrected chi connectivity index (χ4v) is 3.43. The average Bonchev–Trinajstić information content (AvgIpc) is 3.05. The van der Waals surface area contributed by atoms with Crippen molar-refractivity contribution < 1.29 is 9.59 Å². The smallest absolute Gasteiger partial charge is 0.227 e. The number of thiophene rings is 1. The SMILES string of the molecule is CC(C)(C)C(=O)N1CCCC(C(=O)NC(C#N)c2ccsc2)C1. The highest BCUT2D eigenvalue weighted by atomic mass is 32.1. The number of likely N-dealkylation sites (tertiary alicyclic amines) is 1. The molecule has 2 atom stereocenters. The Kier molecular flexibility index (Phi) is 5.42. The summed E-state index contributed by atoms with van der Waals surface area (Å²) in [7, 11) is 0. The van der Waals surface area contributed by atoms with Crippen LogP contribution in [0.25, 0.3) is 0 Å². The second kappa shape index (κ2) is 7.14. The van der Waals surface area contributed by atoms with Crippen LogP contribution in [0.2, 0.25) is 0 Å². The standard InChI is InChI=1S/C17H23N3O2S/c1-17(2,3)16(22)20-7-4-5-12(10-20)15(21)19-14(9-18)13-6-8-23-11-13/h6,8,11-12,14H,4-5,7,10H2,1-3H3,(H,19,21). The molecule has 1 saturated heterocycles. The lowest BCUT2D eigenvalue weighted by Gasteiger charge is -2.36. The number of amides is 2. The summed E-state index contributed by atoms with van der Waals surface area (Å²) in [6, 6.07) is 3.35. The third-order valence-corrected chi connectivity index (χ3v) is 4.71. The zero-order valence-electron chi connectivity index (χ0n) is 13.8. The van der Waals surface area contributed by atoms with E-state index in [9.17, 15) is 14.9 Å². The molecule has 1 aliphatic rings. The van der Waals surface area contributed by atoms with Gasteiger partial charge in [0.2, 0.25) is 11.8 Å². The van der Waals surface area contributed by atoms with Gasteiger partial charge in [0.15, 0.2) is 0 Å². The minimum Gasteiger partial charge on any atom is -0.341 e. The Bertz CT molecular complexity index is 598. The third kappa shape index (κ3) is 4.32. The molecule has 0 saturated carbocycles. The highest BCUT2D eigenvalue weighted by Gasteiger charge is 2.34. The molecule has 0 bridgehead atoms. The van der Waals surface area contributed by atoms with E-state index in [0.717, 1.165) is 18.4 Å². The van der Waals surface area contributed by atoms with Crippen LogP contribution in [0, 0.1) is 22.7 Å². The summed E-state index contributed by atoms with van der Waals surface area (Å²) in [5.41, 5.74) is 0.369. The first kappa shape index (κ1) is 17.5. The number of carbonyl (C=O) groups is 2. The molecule has 2 unspecified atom stereocenters. The van der Waals surface area contributed by atoms with Crippen molar-refractivity contribution in [2.75, 3.05) is 13.1 Å². The first-order chi connectivity index (χ1) is 10.8. The molecule has 2 heterocycles. The lowest BCUT2D eigenvalue weighted by atomic mass is 9.90. The lowest BCUT2D eigenvalue weighted by Crippen LogP contribution is -2.49. The molecule has 124 valence electrons. The molecule has 1 aromatic rings. The molecular formula is C17H23N3O2S. The molecule has 1 N–H and O–H groups in total. The molecule has 1 aliphatic heterocycles. The van der Waals surface area contributed by atoms with Crippen LogP contribution in [-0.2, 0) is 9.59 Å². The van der Waals surface area contributed by atoms with Crippen molar-refractivity contribution in [2.24, 2.45) is 11.3 Å². The second-order valence-electron chi connectivity index (χ2n) is 6.97. The summed E-state index contributed by atoms with van der Waals surface area (Å²) >= 11 is 1.50. The normalized spacial score (nSPS) is 19.7. The van der Waals surface area contributed by atoms with Gasteiger partial charge >= 0.3 is 0 Å². The van der Waals surface area contributed by atoms with Gasteiger partial charge in [-0.3, -0.25) is 9.59 Å². The van der Waals surface area contributed by atoms with Crippen molar-refractivity contribution in [3.05, 3.63) is 22.4 Å². The van der Waals surface area contributed by atoms with Crippen molar-refractivity contribution in [2.45, 2.75) is 39.7 Å². The van der Waals surface area contributed by atoms with E-state index in [1.54, 1.807) is 4.90 Å². The number of hydrogen-bond acceptors (Lipinski definition) is 4. The lowest BCUT2D eigenvalue weighted by molar-refractivity contribution is -0.142. The molecule has 2 amide bonds. The van der Waals surface area contributed by atoms with Crippen LogP contribution < -0.4 is 5.32 Å². The number of carbonyl (C=O) groups excluding carboxylic acids is 2. The van der Waals surface area contributed by atoms with Crippen molar-refractivity contribution in [3.63, 3.8) is 0 Å². The van der Waals surface area contributed by atoms with Gasteiger partial charge in [0.05, 0.1) is 12.0 Å². The Morgan fingerprint density at radius 1 is 1.48 bits per heavy atom. The van der Waals surface area contributed by atoms with Crippen LogP contribution in [0.1, 0.15) is 45.2 Å². The first-order valence-corrected chi connectivity index (χ1v) is 8.78. The van der Waals surface area contributed by atoms with Crippen LogP contribution in [0.15, 0.2) is 16.8 Å². The minimum absolute atomic E-state index is 0.0738. The van der Waals surface area contributed by atoms with Crippen LogP contribution in [0.4, 0.5) is 0 Å². The highest BCUT2D eigenvalue weighted by molar-refractivity contribution is 7.08. The molecule has 23 heavy (non-hydrogen) atoms. The average molecular weight is 333 g/mol. The predicted octanol–water partition coefficient (Wildman–Crippen LogP) is 2.71. The van der Waals surface area contributed by atoms with E-state index in [0.29, 0.717) is 13.1 Å². The van der Waals surface area contributed by atoms with Crippen LogP contribution >= 0.6 is 11.3 Å². The van der Waals surface area contributed by atoms with Gasteiger partial charge < -0.3 is 10.2 Å². The fourth-order valence-electron chi connectivity index (χ4n) is 2.74. The van der Waals surface area contributed by atoms with Crippen molar-refractivity contribution in [1.82, 2.24) is 10.2 Å². The molecule has 0 aromatic carbocycles. The Morgan fingerprint density at radius 3 is 2.78 bits per heavy atom. The fraction of sp³-hybridized carbons (Fsp3) is 0.588. The van der Waals surface area contributed by atoms with E-state index < -0.39 is 11.5 Å². The van der Waals surface area contributed by atoms with E-state index in [4.69, 9.17) is 0 Å². The van der Waals surface area contributed by atoms with Crippen molar-refractivity contribution >= 4 is 23.2 Å². The zero-order valence-corrected chi connectivity index (χ0v) is 14.7. The summed E-state index contributed by atoms with van der Waals surface area (Å²) in [6.07, 6.45) is 1.57. The van der Waals surface area contributed by atoms with Gasteiger partial charge in [0, 0.05) is 18.5 Å². The molecular weight excluding hydrogens is 310 g/mol. The van der Waals surface area contributed by atoms with Crippen LogP contribution in [0.5, 0.6) is 0 Å². The van der Waals surface area contributed by atoms with Gasteiger partial charge in [-0.2, -0.15) is 16.6 Å². The van der Waals surface area contributed by atoms with Crippen molar-refractivity contribution in [3.8, 4) is 6.07 Å². The van der Waals surface area contributed by atoms with Gasteiger partial charge in [0.1, 0.15) is 6.04 Å². The van der Waals surface area contributed by atoms with Crippen LogP contribution in [0.3, 0.4) is 0 Å². The Labute approximate surface area is 141 Å². The number of hydrogen-bond donors (Lipinski definition) is 1. The van der Waals surface area contributed by atoms with E-state index in [1.165, 1.54) is 11.3 Å². The Morgan fingerprint density at radius 2 is 2.22 bits per heavy atom. The van der Waals surface area contributed by atoms with E-state index in [1.807, 2.05) is 37.6 Å². The zero-order chi connectivity index (χ0) is 17.0. The summed E-state index contributed by atoms with van der Waals surface area (Å²) in [5.74, 6) is -0.316. The maximum absolute atomic E-state index is 12.5. The number of nitriles is 1. The van der Waals surface area contributed by atoms with Gasteiger partial charge in [-0.25, -0.2) is 0 Å². The molecule has 0 spiro atoms. The molecule has 2 rings (SSSR count). The predicted molar refractivity (Wildman–Crippen MR) is 89.6 cm³/mol. The first-order valence-electron chi connectivity index (χ1n) is 7.84. The van der Waals surface area contributed by atoms with E-state index >= 15 is 0 Å².